The lowest BCUT2D eigenvalue weighted by Crippen LogP contribution is -2.23. The van der Waals surface area contributed by atoms with Crippen LogP contribution in [0.25, 0.3) is 0 Å². The molecule has 0 fully saturated rings. The Hall–Kier alpha value is -1.58. The number of amides is 1. The molecule has 1 aromatic rings. The molecule has 0 aliphatic rings. The third kappa shape index (κ3) is 3.58. The van der Waals surface area contributed by atoms with Crippen LogP contribution in [0.2, 0.25) is 0 Å². The number of rotatable bonds is 4. The van der Waals surface area contributed by atoms with Crippen molar-refractivity contribution in [1.82, 2.24) is 10.3 Å². The molecule has 0 aromatic carbocycles. The van der Waals surface area contributed by atoms with Crippen LogP contribution in [0.4, 0.5) is 5.82 Å². The molecule has 0 bridgehead atoms. The number of hydrogen-bond acceptors (Lipinski definition) is 3. The Morgan fingerprint density at radius 1 is 1.53 bits per heavy atom. The molecule has 82 valence electrons. The van der Waals surface area contributed by atoms with Crippen LogP contribution < -0.4 is 10.6 Å². The SMILES string of the molecule is CCNC(=O)c1ccnc(NC(C)C)c1. The minimum absolute atomic E-state index is 0.0632. The van der Waals surface area contributed by atoms with Gasteiger partial charge in [0, 0.05) is 24.3 Å². The predicted molar refractivity (Wildman–Crippen MR) is 61.0 cm³/mol. The number of carbonyl (C=O) groups excluding carboxylic acids is 1. The molecular weight excluding hydrogens is 190 g/mol. The van der Waals surface area contributed by atoms with Crippen molar-refractivity contribution in [2.45, 2.75) is 26.8 Å². The summed E-state index contributed by atoms with van der Waals surface area (Å²) >= 11 is 0. The quantitative estimate of drug-likeness (QED) is 0.789. The molecule has 4 nitrogen and oxygen atoms in total. The number of carbonyl (C=O) groups is 1. The molecule has 4 heteroatoms. The minimum Gasteiger partial charge on any atom is -0.368 e. The molecule has 0 saturated carbocycles. The average molecular weight is 207 g/mol. The lowest BCUT2D eigenvalue weighted by Gasteiger charge is -2.09. The number of aromatic nitrogens is 1. The molecule has 0 atom stereocenters. The lowest BCUT2D eigenvalue weighted by atomic mass is 10.2. The van der Waals surface area contributed by atoms with Crippen molar-refractivity contribution < 1.29 is 4.79 Å². The molecule has 0 radical (unpaired) electrons. The highest BCUT2D eigenvalue weighted by Crippen LogP contribution is 2.07. The van der Waals surface area contributed by atoms with Crippen LogP contribution in [0.5, 0.6) is 0 Å². The number of nitrogens with zero attached hydrogens (tertiary/aromatic N) is 1. The number of nitrogens with one attached hydrogen (secondary N) is 2. The summed E-state index contributed by atoms with van der Waals surface area (Å²) < 4.78 is 0. The zero-order chi connectivity index (χ0) is 11.3. The fraction of sp³-hybridized carbons (Fsp3) is 0.455. The van der Waals surface area contributed by atoms with Gasteiger partial charge in [-0.2, -0.15) is 0 Å². The van der Waals surface area contributed by atoms with Gasteiger partial charge in [0.15, 0.2) is 0 Å². The Kier molecular flexibility index (Phi) is 4.09. The summed E-state index contributed by atoms with van der Waals surface area (Å²) in [6.45, 7) is 6.58. The summed E-state index contributed by atoms with van der Waals surface area (Å²) in [5.74, 6) is 0.667. The maximum Gasteiger partial charge on any atom is 0.251 e. The maximum atomic E-state index is 11.5. The molecular formula is C11H17N3O. The van der Waals surface area contributed by atoms with Crippen LogP contribution in [0.15, 0.2) is 18.3 Å². The van der Waals surface area contributed by atoms with Gasteiger partial charge in [0.05, 0.1) is 0 Å². The van der Waals surface area contributed by atoms with Crippen molar-refractivity contribution in [2.75, 3.05) is 11.9 Å². The third-order valence-corrected chi connectivity index (χ3v) is 1.80. The molecule has 0 saturated heterocycles. The fourth-order valence-electron chi connectivity index (χ4n) is 1.21. The van der Waals surface area contributed by atoms with E-state index in [-0.39, 0.29) is 5.91 Å². The van der Waals surface area contributed by atoms with Crippen LogP contribution >= 0.6 is 0 Å². The van der Waals surface area contributed by atoms with Crippen molar-refractivity contribution in [2.24, 2.45) is 0 Å². The third-order valence-electron chi connectivity index (χ3n) is 1.80. The highest BCUT2D eigenvalue weighted by molar-refractivity contribution is 5.94. The summed E-state index contributed by atoms with van der Waals surface area (Å²) in [4.78, 5) is 15.6. The molecule has 15 heavy (non-hydrogen) atoms. The molecule has 0 unspecified atom stereocenters. The molecule has 0 spiro atoms. The van der Waals surface area contributed by atoms with Crippen LogP contribution in [-0.4, -0.2) is 23.5 Å². The summed E-state index contributed by atoms with van der Waals surface area (Å²) in [7, 11) is 0. The van der Waals surface area contributed by atoms with Crippen LogP contribution in [-0.2, 0) is 0 Å². The van der Waals surface area contributed by atoms with Gasteiger partial charge in [0.2, 0.25) is 0 Å². The standard InChI is InChI=1S/C11H17N3O/c1-4-12-11(15)9-5-6-13-10(7-9)14-8(2)3/h5-8H,4H2,1-3H3,(H,12,15)(H,13,14). The topological polar surface area (TPSA) is 54.0 Å². The van der Waals surface area contributed by atoms with Gasteiger partial charge in [-0.15, -0.1) is 0 Å². The normalized spacial score (nSPS) is 10.1. The van der Waals surface area contributed by atoms with E-state index < -0.39 is 0 Å². The Labute approximate surface area is 90.1 Å². The van der Waals surface area contributed by atoms with Crippen molar-refractivity contribution in [1.29, 1.82) is 0 Å². The van der Waals surface area contributed by atoms with Crippen LogP contribution in [0.3, 0.4) is 0 Å². The first kappa shape index (κ1) is 11.5. The van der Waals surface area contributed by atoms with Gasteiger partial charge in [0.25, 0.3) is 5.91 Å². The first-order chi connectivity index (χ1) is 7.13. The van der Waals surface area contributed by atoms with Gasteiger partial charge in [-0.25, -0.2) is 4.98 Å². The van der Waals surface area contributed by atoms with Gasteiger partial charge >= 0.3 is 0 Å². The van der Waals surface area contributed by atoms with Gasteiger partial charge in [0.1, 0.15) is 5.82 Å². The zero-order valence-electron chi connectivity index (χ0n) is 9.37. The van der Waals surface area contributed by atoms with Crippen LogP contribution in [0, 0.1) is 0 Å². The largest absolute Gasteiger partial charge is 0.368 e. The smallest absolute Gasteiger partial charge is 0.251 e. The Morgan fingerprint density at radius 3 is 2.87 bits per heavy atom. The van der Waals surface area contributed by atoms with Gasteiger partial charge in [-0.3, -0.25) is 4.79 Å². The van der Waals surface area contributed by atoms with Crippen molar-refractivity contribution in [3.63, 3.8) is 0 Å². The van der Waals surface area contributed by atoms with E-state index in [4.69, 9.17) is 0 Å². The number of pyridine rings is 1. The summed E-state index contributed by atoms with van der Waals surface area (Å²) in [6, 6.07) is 3.77. The van der Waals surface area contributed by atoms with Gasteiger partial charge < -0.3 is 10.6 Å². The van der Waals surface area contributed by atoms with E-state index in [0.29, 0.717) is 18.2 Å². The first-order valence-corrected chi connectivity index (χ1v) is 5.14. The molecule has 0 aliphatic heterocycles. The Bertz CT molecular complexity index is 336. The van der Waals surface area contributed by atoms with E-state index in [2.05, 4.69) is 15.6 Å². The maximum absolute atomic E-state index is 11.5. The molecule has 1 rings (SSSR count). The highest BCUT2D eigenvalue weighted by Gasteiger charge is 2.05. The predicted octanol–water partition coefficient (Wildman–Crippen LogP) is 1.65. The number of anilines is 1. The van der Waals surface area contributed by atoms with E-state index in [1.165, 1.54) is 0 Å². The van der Waals surface area contributed by atoms with Gasteiger partial charge in [-0.05, 0) is 32.9 Å². The lowest BCUT2D eigenvalue weighted by molar-refractivity contribution is 0.0956. The summed E-state index contributed by atoms with van der Waals surface area (Å²) in [5, 5.41) is 5.90. The van der Waals surface area contributed by atoms with Gasteiger partial charge in [-0.1, -0.05) is 0 Å². The van der Waals surface area contributed by atoms with E-state index >= 15 is 0 Å². The molecule has 2 N–H and O–H groups in total. The molecule has 1 amide bonds. The summed E-state index contributed by atoms with van der Waals surface area (Å²) in [6.07, 6.45) is 1.63. The molecule has 0 aliphatic carbocycles. The second-order valence-corrected chi connectivity index (χ2v) is 3.59. The average Bonchev–Trinajstić information content (AvgIpc) is 2.17. The highest BCUT2D eigenvalue weighted by atomic mass is 16.1. The first-order valence-electron chi connectivity index (χ1n) is 5.14. The van der Waals surface area contributed by atoms with Crippen molar-refractivity contribution in [3.8, 4) is 0 Å². The monoisotopic (exact) mass is 207 g/mol. The Balaban J connectivity index is 2.78. The van der Waals surface area contributed by atoms with Crippen molar-refractivity contribution >= 4 is 11.7 Å². The Morgan fingerprint density at radius 2 is 2.27 bits per heavy atom. The molecule has 1 aromatic heterocycles. The van der Waals surface area contributed by atoms with E-state index in [1.54, 1.807) is 18.3 Å². The second-order valence-electron chi connectivity index (χ2n) is 3.59. The summed E-state index contributed by atoms with van der Waals surface area (Å²) in [5.41, 5.74) is 0.634. The second kappa shape index (κ2) is 5.34. The number of hydrogen-bond donors (Lipinski definition) is 2. The van der Waals surface area contributed by atoms with E-state index in [1.807, 2.05) is 20.8 Å². The fourth-order valence-corrected chi connectivity index (χ4v) is 1.21. The minimum atomic E-state index is -0.0632. The van der Waals surface area contributed by atoms with E-state index in [9.17, 15) is 4.79 Å². The van der Waals surface area contributed by atoms with E-state index in [0.717, 1.165) is 5.82 Å². The van der Waals surface area contributed by atoms with Crippen LogP contribution in [0.1, 0.15) is 31.1 Å². The van der Waals surface area contributed by atoms with Crippen molar-refractivity contribution in [3.05, 3.63) is 23.9 Å². The zero-order valence-corrected chi connectivity index (χ0v) is 9.37. The molecule has 1 heterocycles.